The van der Waals surface area contributed by atoms with E-state index in [0.717, 1.165) is 5.56 Å². The zero-order valence-corrected chi connectivity index (χ0v) is 17.0. The summed E-state index contributed by atoms with van der Waals surface area (Å²) in [4.78, 5) is 38.5. The molecule has 0 radical (unpaired) electrons. The number of aromatic carboxylic acids is 1. The van der Waals surface area contributed by atoms with Crippen LogP contribution in [0.5, 0.6) is 5.75 Å². The van der Waals surface area contributed by atoms with Gasteiger partial charge in [-0.25, -0.2) is 9.79 Å². The second-order valence-corrected chi connectivity index (χ2v) is 6.84. The van der Waals surface area contributed by atoms with Crippen molar-refractivity contribution in [1.29, 1.82) is 0 Å². The van der Waals surface area contributed by atoms with Crippen LogP contribution >= 0.6 is 0 Å². The van der Waals surface area contributed by atoms with Crippen LogP contribution in [-0.4, -0.2) is 52.5 Å². The summed E-state index contributed by atoms with van der Waals surface area (Å²) in [7, 11) is -1.95. The van der Waals surface area contributed by atoms with E-state index in [2.05, 4.69) is 10.3 Å². The summed E-state index contributed by atoms with van der Waals surface area (Å²) < 4.78 is 4.79. The van der Waals surface area contributed by atoms with Gasteiger partial charge in [0.2, 0.25) is 5.91 Å². The van der Waals surface area contributed by atoms with Crippen LogP contribution in [-0.2, 0) is 29.0 Å². The van der Waals surface area contributed by atoms with E-state index in [-0.39, 0.29) is 42.1 Å². The molecule has 2 aromatic rings. The minimum absolute atomic E-state index is 0.0300. The summed E-state index contributed by atoms with van der Waals surface area (Å²) in [6, 6.07) is 11.1. The van der Waals surface area contributed by atoms with Crippen LogP contribution in [0, 0.1) is 0 Å². The van der Waals surface area contributed by atoms with Crippen molar-refractivity contribution in [1.82, 2.24) is 5.32 Å². The van der Waals surface area contributed by atoms with Crippen LogP contribution in [0.25, 0.3) is 0 Å². The zero-order chi connectivity index (χ0) is 23.7. The highest BCUT2D eigenvalue weighted by Gasteiger charge is 2.28. The zero-order valence-electron chi connectivity index (χ0n) is 17.0. The van der Waals surface area contributed by atoms with Crippen LogP contribution in [0.3, 0.4) is 0 Å². The van der Waals surface area contributed by atoms with Crippen LogP contribution in [0.15, 0.2) is 47.5 Å². The van der Waals surface area contributed by atoms with Gasteiger partial charge in [0.25, 0.3) is 6.47 Å². The Morgan fingerprint density at radius 3 is 2.34 bits per heavy atom. The van der Waals surface area contributed by atoms with E-state index in [9.17, 15) is 29.5 Å². The molecule has 0 spiro atoms. The molecule has 0 fully saturated rings. The normalized spacial score (nSPS) is 11.2. The maximum atomic E-state index is 12.4. The van der Waals surface area contributed by atoms with E-state index in [1.165, 1.54) is 18.2 Å². The number of nitrogens with zero attached hydrogens (tertiary/aromatic N) is 1. The lowest BCUT2D eigenvalue weighted by molar-refractivity contribution is -0.121. The number of benzene rings is 2. The Balaban J connectivity index is 2.10. The number of ether oxygens (including phenoxy) is 1. The third-order valence-electron chi connectivity index (χ3n) is 4.47. The predicted octanol–water partition coefficient (Wildman–Crippen LogP) is -1.02. The Hall–Kier alpha value is -3.90. The minimum atomic E-state index is -1.95. The van der Waals surface area contributed by atoms with Gasteiger partial charge < -0.3 is 36.7 Å². The number of hydrogen-bond acceptors (Lipinski definition) is 7. The molecule has 0 aliphatic heterocycles. The molecule has 0 saturated heterocycles. The van der Waals surface area contributed by atoms with Crippen molar-refractivity contribution in [2.75, 3.05) is 0 Å². The fourth-order valence-electron chi connectivity index (χ4n) is 2.96. The summed E-state index contributed by atoms with van der Waals surface area (Å²) in [5, 5.41) is 31.2. The van der Waals surface area contributed by atoms with Gasteiger partial charge in [0.05, 0.1) is 18.9 Å². The van der Waals surface area contributed by atoms with Gasteiger partial charge in [-0.05, 0) is 29.2 Å². The van der Waals surface area contributed by atoms with Crippen LogP contribution in [0.2, 0.25) is 0 Å². The SMILES string of the molecule is NC(N)=NCc1ccc(CC(=O)N[C@@H](Cc2cccc(C(=O)O)c2OC=O)B(O)O)cc1. The monoisotopic (exact) mass is 442 g/mol. The summed E-state index contributed by atoms with van der Waals surface area (Å²) >= 11 is 0. The maximum Gasteiger partial charge on any atom is 0.475 e. The van der Waals surface area contributed by atoms with E-state index >= 15 is 0 Å². The van der Waals surface area contributed by atoms with Gasteiger partial charge in [-0.1, -0.05) is 36.4 Å². The smallest absolute Gasteiger partial charge is 0.475 e. The van der Waals surface area contributed by atoms with E-state index in [4.69, 9.17) is 16.2 Å². The van der Waals surface area contributed by atoms with Gasteiger partial charge in [0.15, 0.2) is 5.96 Å². The Bertz CT molecular complexity index is 992. The molecule has 2 aromatic carbocycles. The van der Waals surface area contributed by atoms with Crippen molar-refractivity contribution in [2.45, 2.75) is 25.3 Å². The molecule has 1 amide bonds. The number of nitrogens with one attached hydrogen (secondary N) is 1. The Kier molecular flexibility index (Phi) is 8.75. The molecule has 11 nitrogen and oxygen atoms in total. The van der Waals surface area contributed by atoms with Gasteiger partial charge in [0, 0.05) is 0 Å². The Morgan fingerprint density at radius 2 is 1.78 bits per heavy atom. The molecule has 0 saturated carbocycles. The molecule has 32 heavy (non-hydrogen) atoms. The first-order valence-electron chi connectivity index (χ1n) is 9.45. The number of carboxylic acid groups (broad SMARTS) is 1. The summed E-state index contributed by atoms with van der Waals surface area (Å²) in [5.41, 5.74) is 12.0. The highest BCUT2D eigenvalue weighted by atomic mass is 16.5. The molecule has 0 aliphatic rings. The standard InChI is InChI=1S/C20H23BN4O7/c22-20(23)24-10-13-6-4-12(5-7-13)8-17(27)25-16(21(30)31)9-14-2-1-3-15(19(28)29)18(14)32-11-26/h1-7,11,16,30-31H,8-10H2,(H,25,27)(H,28,29)(H4,22,23,24)/t16-/m0/s1. The molecular weight excluding hydrogens is 419 g/mol. The van der Waals surface area contributed by atoms with Gasteiger partial charge in [-0.15, -0.1) is 0 Å². The molecule has 8 N–H and O–H groups in total. The number of amides is 1. The lowest BCUT2D eigenvalue weighted by Gasteiger charge is -2.19. The predicted molar refractivity (Wildman–Crippen MR) is 116 cm³/mol. The van der Waals surface area contributed by atoms with Crippen molar-refractivity contribution in [2.24, 2.45) is 16.5 Å². The molecule has 0 aromatic heterocycles. The topological polar surface area (TPSA) is 198 Å². The number of carbonyl (C=O) groups excluding carboxylic acids is 2. The molecular formula is C20H23BN4O7. The van der Waals surface area contributed by atoms with Gasteiger partial charge in [0.1, 0.15) is 11.3 Å². The number of nitrogens with two attached hydrogens (primary N) is 2. The molecule has 0 aliphatic carbocycles. The van der Waals surface area contributed by atoms with E-state index in [1.807, 2.05) is 0 Å². The molecule has 12 heteroatoms. The van der Waals surface area contributed by atoms with Gasteiger partial charge in [-0.3, -0.25) is 9.59 Å². The summed E-state index contributed by atoms with van der Waals surface area (Å²) in [6.07, 6.45) is -0.232. The third-order valence-corrected chi connectivity index (χ3v) is 4.47. The van der Waals surface area contributed by atoms with E-state index in [0.29, 0.717) is 12.1 Å². The van der Waals surface area contributed by atoms with Crippen molar-refractivity contribution < 1.29 is 34.3 Å². The average molecular weight is 442 g/mol. The van der Waals surface area contributed by atoms with Gasteiger partial charge in [-0.2, -0.15) is 0 Å². The Morgan fingerprint density at radius 1 is 1.12 bits per heavy atom. The maximum absolute atomic E-state index is 12.4. The largest absolute Gasteiger partial charge is 0.478 e. The average Bonchev–Trinajstić information content (AvgIpc) is 2.73. The van der Waals surface area contributed by atoms with Crippen molar-refractivity contribution >= 4 is 31.4 Å². The number of carbonyl (C=O) groups is 3. The summed E-state index contributed by atoms with van der Waals surface area (Å²) in [6.45, 7) is 0.374. The first-order valence-corrected chi connectivity index (χ1v) is 9.45. The number of guanidine groups is 1. The first kappa shape index (κ1) is 24.4. The Labute approximate surface area is 183 Å². The van der Waals surface area contributed by atoms with Crippen LogP contribution < -0.4 is 21.5 Å². The molecule has 0 bridgehead atoms. The van der Waals surface area contributed by atoms with Crippen molar-refractivity contribution in [3.63, 3.8) is 0 Å². The number of hydrogen-bond donors (Lipinski definition) is 6. The summed E-state index contributed by atoms with van der Waals surface area (Å²) in [5.74, 6) is -3.25. The first-order chi connectivity index (χ1) is 15.2. The molecule has 1 atom stereocenters. The highest BCUT2D eigenvalue weighted by molar-refractivity contribution is 6.43. The third kappa shape index (κ3) is 7.11. The molecule has 168 valence electrons. The van der Waals surface area contributed by atoms with E-state index in [1.54, 1.807) is 24.3 Å². The number of aliphatic imine (C=N–C) groups is 1. The second kappa shape index (κ2) is 11.5. The van der Waals surface area contributed by atoms with Crippen LogP contribution in [0.1, 0.15) is 27.0 Å². The van der Waals surface area contributed by atoms with Crippen LogP contribution in [0.4, 0.5) is 0 Å². The van der Waals surface area contributed by atoms with Gasteiger partial charge >= 0.3 is 13.1 Å². The highest BCUT2D eigenvalue weighted by Crippen LogP contribution is 2.25. The van der Waals surface area contributed by atoms with Crippen molar-refractivity contribution in [3.05, 3.63) is 64.7 Å². The lowest BCUT2D eigenvalue weighted by atomic mass is 9.75. The quantitative estimate of drug-likeness (QED) is 0.109. The van der Waals surface area contributed by atoms with E-state index < -0.39 is 24.9 Å². The minimum Gasteiger partial charge on any atom is -0.478 e. The molecule has 2 rings (SSSR count). The lowest BCUT2D eigenvalue weighted by Crippen LogP contribution is -2.48. The number of para-hydroxylation sites is 1. The fourth-order valence-corrected chi connectivity index (χ4v) is 2.96. The number of carboxylic acids is 1. The second-order valence-electron chi connectivity index (χ2n) is 6.84. The van der Waals surface area contributed by atoms with Crippen molar-refractivity contribution in [3.8, 4) is 5.75 Å². The molecule has 0 unspecified atom stereocenters. The number of rotatable bonds is 11. The fraction of sp³-hybridized carbons (Fsp3) is 0.200. The molecule has 0 heterocycles.